The SMILES string of the molecule is COc1cccc(COc2cc(OCC(=O)O)cc(N3CC(c4ccc(OC)c(OC5CCCC5)c4)CC3=O)c2)c1. The Bertz CT molecular complexity index is 1380. The van der Waals surface area contributed by atoms with Crippen molar-refractivity contribution in [2.24, 2.45) is 0 Å². The van der Waals surface area contributed by atoms with Gasteiger partial charge in [-0.3, -0.25) is 4.79 Å². The monoisotopic (exact) mass is 561 g/mol. The molecule has 5 rings (SSSR count). The van der Waals surface area contributed by atoms with Crippen molar-refractivity contribution in [2.75, 3.05) is 32.3 Å². The third kappa shape index (κ3) is 7.03. The number of hydrogen-bond donors (Lipinski definition) is 1. The molecule has 216 valence electrons. The van der Waals surface area contributed by atoms with Gasteiger partial charge in [0.05, 0.1) is 26.0 Å². The van der Waals surface area contributed by atoms with E-state index in [9.17, 15) is 9.59 Å². The summed E-state index contributed by atoms with van der Waals surface area (Å²) in [5.41, 5.74) is 2.48. The second-order valence-electron chi connectivity index (χ2n) is 10.3. The molecule has 41 heavy (non-hydrogen) atoms. The lowest BCUT2D eigenvalue weighted by molar-refractivity contribution is -0.139. The number of amides is 1. The molecule has 1 atom stereocenters. The quantitative estimate of drug-likeness (QED) is 0.305. The Morgan fingerprint density at radius 3 is 2.41 bits per heavy atom. The van der Waals surface area contributed by atoms with Gasteiger partial charge in [0.25, 0.3) is 0 Å². The van der Waals surface area contributed by atoms with Gasteiger partial charge in [-0.1, -0.05) is 18.2 Å². The minimum atomic E-state index is -1.10. The number of carbonyl (C=O) groups excluding carboxylic acids is 1. The average Bonchev–Trinajstić information content (AvgIpc) is 3.64. The Morgan fingerprint density at radius 1 is 0.902 bits per heavy atom. The molecule has 2 fully saturated rings. The van der Waals surface area contributed by atoms with E-state index in [-0.39, 0.29) is 24.5 Å². The summed E-state index contributed by atoms with van der Waals surface area (Å²) in [5.74, 6) is 1.68. The summed E-state index contributed by atoms with van der Waals surface area (Å²) >= 11 is 0. The Balaban J connectivity index is 1.36. The lowest BCUT2D eigenvalue weighted by Gasteiger charge is -2.20. The number of benzene rings is 3. The zero-order valence-electron chi connectivity index (χ0n) is 23.3. The Kier molecular flexibility index (Phi) is 8.82. The van der Waals surface area contributed by atoms with Gasteiger partial charge in [0.15, 0.2) is 18.1 Å². The van der Waals surface area contributed by atoms with Crippen molar-refractivity contribution in [3.63, 3.8) is 0 Å². The fourth-order valence-corrected chi connectivity index (χ4v) is 5.36. The number of ether oxygens (including phenoxy) is 5. The van der Waals surface area contributed by atoms with Crippen molar-refractivity contribution >= 4 is 17.6 Å². The molecule has 1 aliphatic carbocycles. The molecule has 1 unspecified atom stereocenters. The number of rotatable bonds is 12. The molecule has 1 aliphatic heterocycles. The molecular weight excluding hydrogens is 526 g/mol. The molecule has 0 spiro atoms. The molecule has 2 aliphatic rings. The van der Waals surface area contributed by atoms with Gasteiger partial charge in [-0.2, -0.15) is 0 Å². The molecule has 1 N–H and O–H groups in total. The standard InChI is InChI=1S/C32H35NO8/c1-37-26-9-5-6-21(12-26)19-39-27-15-24(16-28(17-27)40-20-32(35)36)33-18-23(14-31(33)34)22-10-11-29(38-2)30(13-22)41-25-7-3-4-8-25/h5-6,9-13,15-17,23,25H,3-4,7-8,14,18-20H2,1-2H3,(H,35,36). The highest BCUT2D eigenvalue weighted by Crippen LogP contribution is 2.39. The van der Waals surface area contributed by atoms with Crippen LogP contribution in [0.2, 0.25) is 0 Å². The van der Waals surface area contributed by atoms with E-state index in [4.69, 9.17) is 28.8 Å². The molecule has 1 saturated carbocycles. The molecule has 9 nitrogen and oxygen atoms in total. The summed E-state index contributed by atoms with van der Waals surface area (Å²) < 4.78 is 28.6. The number of methoxy groups -OCH3 is 2. The Hall–Kier alpha value is -4.40. The second-order valence-corrected chi connectivity index (χ2v) is 10.3. The summed E-state index contributed by atoms with van der Waals surface area (Å²) in [4.78, 5) is 26.1. The zero-order chi connectivity index (χ0) is 28.8. The topological polar surface area (TPSA) is 104 Å². The smallest absolute Gasteiger partial charge is 0.341 e. The number of hydrogen-bond acceptors (Lipinski definition) is 7. The largest absolute Gasteiger partial charge is 0.497 e. The average molecular weight is 562 g/mol. The van der Waals surface area contributed by atoms with Crippen molar-refractivity contribution in [3.8, 4) is 28.7 Å². The number of carboxylic acids is 1. The van der Waals surface area contributed by atoms with Crippen LogP contribution in [0, 0.1) is 0 Å². The van der Waals surface area contributed by atoms with Crippen molar-refractivity contribution < 1.29 is 38.4 Å². The minimum absolute atomic E-state index is 0.0433. The van der Waals surface area contributed by atoms with Gasteiger partial charge < -0.3 is 33.7 Å². The van der Waals surface area contributed by atoms with Gasteiger partial charge in [0, 0.05) is 37.1 Å². The summed E-state index contributed by atoms with van der Waals surface area (Å²) in [6.45, 7) is 0.196. The maximum absolute atomic E-state index is 13.3. The first-order chi connectivity index (χ1) is 19.9. The van der Waals surface area contributed by atoms with Gasteiger partial charge in [-0.15, -0.1) is 0 Å². The van der Waals surface area contributed by atoms with E-state index in [1.165, 1.54) is 12.8 Å². The third-order valence-electron chi connectivity index (χ3n) is 7.46. The van der Waals surface area contributed by atoms with Crippen molar-refractivity contribution in [2.45, 2.75) is 50.7 Å². The van der Waals surface area contributed by atoms with Crippen LogP contribution in [0.4, 0.5) is 5.69 Å². The molecule has 9 heteroatoms. The second kappa shape index (κ2) is 12.8. The maximum Gasteiger partial charge on any atom is 0.341 e. The fourth-order valence-electron chi connectivity index (χ4n) is 5.36. The fraction of sp³-hybridized carbons (Fsp3) is 0.375. The summed E-state index contributed by atoms with van der Waals surface area (Å²) in [6, 6.07) is 18.5. The van der Waals surface area contributed by atoms with Crippen LogP contribution in [-0.2, 0) is 16.2 Å². The third-order valence-corrected chi connectivity index (χ3v) is 7.46. The molecule has 1 saturated heterocycles. The maximum atomic E-state index is 13.3. The summed E-state index contributed by atoms with van der Waals surface area (Å²) in [7, 11) is 3.23. The lowest BCUT2D eigenvalue weighted by Crippen LogP contribution is -2.24. The van der Waals surface area contributed by atoms with Crippen LogP contribution in [0.3, 0.4) is 0 Å². The highest BCUT2D eigenvalue weighted by molar-refractivity contribution is 5.97. The highest BCUT2D eigenvalue weighted by Gasteiger charge is 2.33. The molecule has 1 heterocycles. The first-order valence-electron chi connectivity index (χ1n) is 13.8. The Morgan fingerprint density at radius 2 is 1.68 bits per heavy atom. The van der Waals surface area contributed by atoms with Gasteiger partial charge in [-0.25, -0.2) is 4.79 Å². The van der Waals surface area contributed by atoms with E-state index in [1.54, 1.807) is 37.3 Å². The van der Waals surface area contributed by atoms with Gasteiger partial charge in [0.2, 0.25) is 5.91 Å². The molecule has 0 radical (unpaired) electrons. The van der Waals surface area contributed by atoms with Crippen LogP contribution in [0.5, 0.6) is 28.7 Å². The van der Waals surface area contributed by atoms with Crippen LogP contribution in [-0.4, -0.2) is 50.5 Å². The number of nitrogens with zero attached hydrogens (tertiary/aromatic N) is 1. The van der Waals surface area contributed by atoms with Gasteiger partial charge in [-0.05, 0) is 61.1 Å². The van der Waals surface area contributed by atoms with Crippen LogP contribution in [0.15, 0.2) is 60.7 Å². The van der Waals surface area contributed by atoms with Gasteiger partial charge in [0.1, 0.15) is 23.9 Å². The molecule has 0 bridgehead atoms. The highest BCUT2D eigenvalue weighted by atomic mass is 16.5. The zero-order valence-corrected chi connectivity index (χ0v) is 23.3. The number of carbonyl (C=O) groups is 2. The van der Waals surface area contributed by atoms with Crippen LogP contribution < -0.4 is 28.6 Å². The molecule has 0 aromatic heterocycles. The van der Waals surface area contributed by atoms with Crippen molar-refractivity contribution in [1.82, 2.24) is 0 Å². The van der Waals surface area contributed by atoms with E-state index in [1.807, 2.05) is 42.5 Å². The van der Waals surface area contributed by atoms with E-state index >= 15 is 0 Å². The predicted molar refractivity (Wildman–Crippen MR) is 152 cm³/mol. The first-order valence-corrected chi connectivity index (χ1v) is 13.8. The summed E-state index contributed by atoms with van der Waals surface area (Å²) in [6.07, 6.45) is 4.91. The van der Waals surface area contributed by atoms with E-state index in [2.05, 4.69) is 0 Å². The minimum Gasteiger partial charge on any atom is -0.497 e. The number of aliphatic carboxylic acids is 1. The summed E-state index contributed by atoms with van der Waals surface area (Å²) in [5, 5.41) is 9.13. The normalized spacial score (nSPS) is 17.0. The molecule has 1 amide bonds. The Labute approximate surface area is 239 Å². The number of carboxylic acid groups (broad SMARTS) is 1. The van der Waals surface area contributed by atoms with Crippen LogP contribution >= 0.6 is 0 Å². The molecule has 3 aromatic carbocycles. The number of anilines is 1. The predicted octanol–water partition coefficient (Wildman–Crippen LogP) is 5.59. The van der Waals surface area contributed by atoms with E-state index in [0.717, 1.165) is 29.7 Å². The van der Waals surface area contributed by atoms with Crippen LogP contribution in [0.25, 0.3) is 0 Å². The van der Waals surface area contributed by atoms with Gasteiger partial charge >= 0.3 is 5.97 Å². The first kappa shape index (κ1) is 28.1. The van der Waals surface area contributed by atoms with E-state index in [0.29, 0.717) is 41.7 Å². The lowest BCUT2D eigenvalue weighted by atomic mass is 9.98. The van der Waals surface area contributed by atoms with Crippen molar-refractivity contribution in [1.29, 1.82) is 0 Å². The molecule has 3 aromatic rings. The van der Waals surface area contributed by atoms with Crippen molar-refractivity contribution in [3.05, 3.63) is 71.8 Å². The molecular formula is C32H35NO8. The van der Waals surface area contributed by atoms with Crippen LogP contribution in [0.1, 0.15) is 49.1 Å². The van der Waals surface area contributed by atoms with E-state index < -0.39 is 12.6 Å².